The normalized spacial score (nSPS) is 19.7. The molecule has 0 spiro atoms. The average Bonchev–Trinajstić information content (AvgIpc) is 3.08. The van der Waals surface area contributed by atoms with Gasteiger partial charge in [-0.3, -0.25) is 0 Å². The molecule has 0 unspecified atom stereocenters. The molecule has 2 nitrogen and oxygen atoms in total. The quantitative estimate of drug-likeness (QED) is 0.897. The zero-order valence-corrected chi connectivity index (χ0v) is 11.0. The maximum atomic E-state index is 12.7. The van der Waals surface area contributed by atoms with E-state index < -0.39 is 23.9 Å². The number of rotatable bonds is 3. The van der Waals surface area contributed by atoms with Gasteiger partial charge in [-0.15, -0.1) is 0 Å². The summed E-state index contributed by atoms with van der Waals surface area (Å²) in [7, 11) is 0. The zero-order valence-electron chi connectivity index (χ0n) is 9.41. The molecule has 0 bridgehead atoms. The molecule has 1 saturated carbocycles. The smallest absolute Gasteiger partial charge is 0.391 e. The molecule has 0 saturated heterocycles. The molecule has 0 aliphatic heterocycles. The molecule has 1 aromatic rings. The molecule has 2 rings (SSSR count). The molecule has 0 radical (unpaired) electrons. The summed E-state index contributed by atoms with van der Waals surface area (Å²) in [5, 5.41) is 9.87. The summed E-state index contributed by atoms with van der Waals surface area (Å²) in [6.07, 6.45) is -3.42. The number of benzene rings is 1. The molecule has 1 aromatic carbocycles. The summed E-state index contributed by atoms with van der Waals surface area (Å²) in [6.45, 7) is 0. The highest BCUT2D eigenvalue weighted by molar-refractivity contribution is 9.10. The molecule has 6 heteroatoms. The van der Waals surface area contributed by atoms with Crippen LogP contribution in [-0.4, -0.2) is 11.2 Å². The van der Waals surface area contributed by atoms with Gasteiger partial charge in [-0.25, -0.2) is 0 Å². The fourth-order valence-corrected chi connectivity index (χ4v) is 2.41. The first-order valence-corrected chi connectivity index (χ1v) is 6.39. The minimum Gasteiger partial charge on any atom is -0.391 e. The first kappa shape index (κ1) is 13.8. The van der Waals surface area contributed by atoms with Crippen LogP contribution in [-0.2, 0) is 6.18 Å². The third-order valence-electron chi connectivity index (χ3n) is 3.11. The third-order valence-corrected chi connectivity index (χ3v) is 3.56. The predicted octanol–water partition coefficient (Wildman–Crippen LogP) is 3.24. The van der Waals surface area contributed by atoms with Gasteiger partial charge in [-0.05, 0) is 42.5 Å². The highest BCUT2D eigenvalue weighted by Gasteiger charge is 2.36. The van der Waals surface area contributed by atoms with Gasteiger partial charge in [0, 0.05) is 4.47 Å². The van der Waals surface area contributed by atoms with Crippen molar-refractivity contribution >= 4 is 15.9 Å². The lowest BCUT2D eigenvalue weighted by Gasteiger charge is -2.20. The standard InChI is InChI=1S/C12H13BrF3NO/c13-9-4-7(3-8(5-9)12(14,15)16)10(17)11(18)6-1-2-6/h3-6,10-11,18H,1-2,17H2/t10-,11+/m1/s1. The van der Waals surface area contributed by atoms with Crippen molar-refractivity contribution in [2.45, 2.75) is 31.2 Å². The molecule has 1 aliphatic rings. The Morgan fingerprint density at radius 3 is 2.39 bits per heavy atom. The van der Waals surface area contributed by atoms with Gasteiger partial charge in [-0.1, -0.05) is 15.9 Å². The van der Waals surface area contributed by atoms with Crippen molar-refractivity contribution in [3.05, 3.63) is 33.8 Å². The van der Waals surface area contributed by atoms with Gasteiger partial charge in [0.1, 0.15) is 0 Å². The van der Waals surface area contributed by atoms with Crippen LogP contribution in [0.2, 0.25) is 0 Å². The molecule has 18 heavy (non-hydrogen) atoms. The van der Waals surface area contributed by atoms with Gasteiger partial charge >= 0.3 is 6.18 Å². The van der Waals surface area contributed by atoms with E-state index in [1.807, 2.05) is 0 Å². The number of nitrogens with two attached hydrogens (primary N) is 1. The van der Waals surface area contributed by atoms with E-state index in [0.717, 1.165) is 25.0 Å². The first-order valence-electron chi connectivity index (χ1n) is 5.60. The maximum absolute atomic E-state index is 12.7. The summed E-state index contributed by atoms with van der Waals surface area (Å²) < 4.78 is 38.3. The predicted molar refractivity (Wildman–Crippen MR) is 64.8 cm³/mol. The largest absolute Gasteiger partial charge is 0.416 e. The lowest BCUT2D eigenvalue weighted by Crippen LogP contribution is -2.28. The first-order chi connectivity index (χ1) is 8.29. The number of hydrogen-bond donors (Lipinski definition) is 2. The Balaban J connectivity index is 2.29. The lowest BCUT2D eigenvalue weighted by molar-refractivity contribution is -0.137. The van der Waals surface area contributed by atoms with Crippen LogP contribution in [0.15, 0.2) is 22.7 Å². The van der Waals surface area contributed by atoms with E-state index in [2.05, 4.69) is 15.9 Å². The minimum absolute atomic E-state index is 0.119. The Labute approximate surface area is 111 Å². The second-order valence-corrected chi connectivity index (χ2v) is 5.54. The molecular weight excluding hydrogens is 311 g/mol. The Hall–Kier alpha value is -0.590. The summed E-state index contributed by atoms with van der Waals surface area (Å²) >= 11 is 3.04. The van der Waals surface area contributed by atoms with E-state index in [0.29, 0.717) is 10.0 Å². The van der Waals surface area contributed by atoms with Crippen LogP contribution in [0.25, 0.3) is 0 Å². The van der Waals surface area contributed by atoms with Crippen molar-refractivity contribution in [3.63, 3.8) is 0 Å². The topological polar surface area (TPSA) is 46.2 Å². The maximum Gasteiger partial charge on any atom is 0.416 e. The summed E-state index contributed by atoms with van der Waals surface area (Å²) in [6, 6.07) is 2.74. The highest BCUT2D eigenvalue weighted by Crippen LogP contribution is 2.39. The molecule has 3 N–H and O–H groups in total. The van der Waals surface area contributed by atoms with Crippen LogP contribution in [0.3, 0.4) is 0 Å². The van der Waals surface area contributed by atoms with Gasteiger partial charge in [0.05, 0.1) is 17.7 Å². The van der Waals surface area contributed by atoms with E-state index in [1.54, 1.807) is 0 Å². The van der Waals surface area contributed by atoms with Crippen molar-refractivity contribution in [3.8, 4) is 0 Å². The van der Waals surface area contributed by atoms with Crippen LogP contribution < -0.4 is 5.73 Å². The number of alkyl halides is 3. The Bertz CT molecular complexity index is 445. The van der Waals surface area contributed by atoms with E-state index in [9.17, 15) is 18.3 Å². The van der Waals surface area contributed by atoms with Crippen LogP contribution in [0.4, 0.5) is 13.2 Å². The SMILES string of the molecule is N[C@H](c1cc(Br)cc(C(F)(F)F)c1)[C@@H](O)C1CC1. The van der Waals surface area contributed by atoms with E-state index in [-0.39, 0.29) is 5.92 Å². The van der Waals surface area contributed by atoms with Crippen molar-refractivity contribution in [1.82, 2.24) is 0 Å². The summed E-state index contributed by atoms with van der Waals surface area (Å²) in [4.78, 5) is 0. The highest BCUT2D eigenvalue weighted by atomic mass is 79.9. The summed E-state index contributed by atoms with van der Waals surface area (Å²) in [5.74, 6) is 0.119. The van der Waals surface area contributed by atoms with Crippen molar-refractivity contribution in [1.29, 1.82) is 0 Å². The molecule has 0 aromatic heterocycles. The fraction of sp³-hybridized carbons (Fsp3) is 0.500. The van der Waals surface area contributed by atoms with Crippen LogP contribution >= 0.6 is 15.9 Å². The monoisotopic (exact) mass is 323 g/mol. The van der Waals surface area contributed by atoms with Crippen molar-refractivity contribution in [2.75, 3.05) is 0 Å². The molecular formula is C12H13BrF3NO. The van der Waals surface area contributed by atoms with Gasteiger partial charge in [-0.2, -0.15) is 13.2 Å². The molecule has 100 valence electrons. The molecule has 2 atom stereocenters. The van der Waals surface area contributed by atoms with Gasteiger partial charge in [0.15, 0.2) is 0 Å². The Kier molecular flexibility index (Phi) is 3.71. The van der Waals surface area contributed by atoms with Crippen LogP contribution in [0.1, 0.15) is 30.0 Å². The number of aliphatic hydroxyl groups excluding tert-OH is 1. The number of halogens is 4. The average molecular weight is 324 g/mol. The third kappa shape index (κ3) is 3.05. The van der Waals surface area contributed by atoms with E-state index >= 15 is 0 Å². The Morgan fingerprint density at radius 1 is 1.28 bits per heavy atom. The van der Waals surface area contributed by atoms with Gasteiger partial charge in [0.2, 0.25) is 0 Å². The molecule has 0 amide bonds. The van der Waals surface area contributed by atoms with Gasteiger partial charge < -0.3 is 10.8 Å². The van der Waals surface area contributed by atoms with Crippen LogP contribution in [0.5, 0.6) is 0 Å². The van der Waals surface area contributed by atoms with Crippen molar-refractivity contribution < 1.29 is 18.3 Å². The number of aliphatic hydroxyl groups is 1. The minimum atomic E-state index is -4.41. The fourth-order valence-electron chi connectivity index (χ4n) is 1.90. The second-order valence-electron chi connectivity index (χ2n) is 4.62. The molecule has 0 heterocycles. The molecule has 1 aliphatic carbocycles. The van der Waals surface area contributed by atoms with Crippen LogP contribution in [0, 0.1) is 5.92 Å². The Morgan fingerprint density at radius 2 is 1.89 bits per heavy atom. The zero-order chi connectivity index (χ0) is 13.5. The second kappa shape index (κ2) is 4.83. The van der Waals surface area contributed by atoms with Gasteiger partial charge in [0.25, 0.3) is 0 Å². The van der Waals surface area contributed by atoms with Crippen molar-refractivity contribution in [2.24, 2.45) is 11.7 Å². The van der Waals surface area contributed by atoms with E-state index in [1.165, 1.54) is 6.07 Å². The lowest BCUT2D eigenvalue weighted by atomic mass is 9.97. The summed E-state index contributed by atoms with van der Waals surface area (Å²) in [5.41, 5.74) is 5.37. The van der Waals surface area contributed by atoms with E-state index in [4.69, 9.17) is 5.73 Å². The molecule has 1 fully saturated rings. The number of hydrogen-bond acceptors (Lipinski definition) is 2.